The molecule has 0 aromatic carbocycles. The molecule has 90 valence electrons. The van der Waals surface area contributed by atoms with Crippen LogP contribution in [0.5, 0.6) is 0 Å². The number of carboxylic acid groups (broad SMARTS) is 1. The Bertz CT molecular complexity index is 354. The molecule has 0 aliphatic heterocycles. The lowest BCUT2D eigenvalue weighted by Crippen LogP contribution is -2.10. The van der Waals surface area contributed by atoms with Gasteiger partial charge in [-0.05, 0) is 18.4 Å². The van der Waals surface area contributed by atoms with Crippen molar-refractivity contribution < 1.29 is 14.6 Å². The van der Waals surface area contributed by atoms with E-state index in [-0.39, 0.29) is 12.3 Å². The number of thioether (sulfide) groups is 1. The lowest BCUT2D eigenvalue weighted by molar-refractivity contribution is 0.0684. The van der Waals surface area contributed by atoms with Crippen LogP contribution < -0.4 is 0 Å². The van der Waals surface area contributed by atoms with E-state index in [0.29, 0.717) is 12.2 Å². The zero-order chi connectivity index (χ0) is 12.0. The normalized spacial score (nSPS) is 10.6. The molecule has 0 fully saturated rings. The number of nitrogens with zero attached hydrogens (tertiary/aromatic N) is 3. The highest BCUT2D eigenvalue weighted by Gasteiger charge is 2.18. The third-order valence-electron chi connectivity index (χ3n) is 2.04. The fourth-order valence-corrected chi connectivity index (χ4v) is 1.73. The zero-order valence-corrected chi connectivity index (χ0v) is 10.2. The van der Waals surface area contributed by atoms with Crippen LogP contribution in [-0.4, -0.2) is 45.2 Å². The Labute approximate surface area is 98.0 Å². The minimum Gasteiger partial charge on any atom is -0.476 e. The molecule has 1 aromatic heterocycles. The summed E-state index contributed by atoms with van der Waals surface area (Å²) in [6, 6.07) is 0. The van der Waals surface area contributed by atoms with Gasteiger partial charge in [-0.3, -0.25) is 0 Å². The molecule has 0 spiro atoms. The van der Waals surface area contributed by atoms with Crippen molar-refractivity contribution >= 4 is 17.7 Å². The highest BCUT2D eigenvalue weighted by Crippen LogP contribution is 2.08. The summed E-state index contributed by atoms with van der Waals surface area (Å²) in [5.41, 5.74) is 0.502. The summed E-state index contributed by atoms with van der Waals surface area (Å²) in [4.78, 5) is 10.9. The molecule has 0 saturated heterocycles. The van der Waals surface area contributed by atoms with Crippen molar-refractivity contribution in [2.45, 2.75) is 19.6 Å². The van der Waals surface area contributed by atoms with Crippen molar-refractivity contribution in [2.75, 3.05) is 19.1 Å². The van der Waals surface area contributed by atoms with Crippen molar-refractivity contribution in [1.29, 1.82) is 0 Å². The van der Waals surface area contributed by atoms with Gasteiger partial charge in [-0.1, -0.05) is 5.21 Å². The maximum atomic E-state index is 10.9. The molecule has 1 N–H and O–H groups in total. The fourth-order valence-electron chi connectivity index (χ4n) is 1.32. The summed E-state index contributed by atoms with van der Waals surface area (Å²) in [6.07, 6.45) is 2.96. The van der Waals surface area contributed by atoms with Crippen molar-refractivity contribution in [3.63, 3.8) is 0 Å². The Morgan fingerprint density at radius 3 is 2.94 bits per heavy atom. The first-order valence-electron chi connectivity index (χ1n) is 4.84. The molecular formula is C9H15N3O3S. The number of methoxy groups -OCH3 is 1. The molecule has 1 aromatic rings. The van der Waals surface area contributed by atoms with Gasteiger partial charge in [0.1, 0.15) is 0 Å². The maximum absolute atomic E-state index is 10.9. The van der Waals surface area contributed by atoms with E-state index < -0.39 is 5.97 Å². The predicted molar refractivity (Wildman–Crippen MR) is 60.7 cm³/mol. The number of ether oxygens (including phenoxy) is 1. The fraction of sp³-hybridized carbons (Fsp3) is 0.667. The van der Waals surface area contributed by atoms with Gasteiger partial charge in [0.2, 0.25) is 0 Å². The first-order valence-corrected chi connectivity index (χ1v) is 6.23. The van der Waals surface area contributed by atoms with Gasteiger partial charge >= 0.3 is 5.97 Å². The van der Waals surface area contributed by atoms with Gasteiger partial charge in [0.05, 0.1) is 12.3 Å². The second-order valence-corrected chi connectivity index (χ2v) is 4.18. The average molecular weight is 245 g/mol. The number of carboxylic acids is 1. The molecule has 0 bridgehead atoms. The van der Waals surface area contributed by atoms with E-state index in [2.05, 4.69) is 10.3 Å². The van der Waals surface area contributed by atoms with Crippen LogP contribution in [0, 0.1) is 0 Å². The van der Waals surface area contributed by atoms with Crippen LogP contribution in [0.2, 0.25) is 0 Å². The van der Waals surface area contributed by atoms with Crippen molar-refractivity contribution in [3.05, 3.63) is 11.4 Å². The Hall–Kier alpha value is -1.08. The van der Waals surface area contributed by atoms with Gasteiger partial charge in [0, 0.05) is 13.7 Å². The largest absolute Gasteiger partial charge is 0.476 e. The second-order valence-electron chi connectivity index (χ2n) is 3.19. The zero-order valence-electron chi connectivity index (χ0n) is 9.34. The van der Waals surface area contributed by atoms with Crippen LogP contribution in [0.3, 0.4) is 0 Å². The van der Waals surface area contributed by atoms with Crippen LogP contribution in [0.25, 0.3) is 0 Å². The molecular weight excluding hydrogens is 230 g/mol. The molecule has 0 atom stereocenters. The Balaban J connectivity index is 2.78. The minimum atomic E-state index is -1.07. The Morgan fingerprint density at radius 2 is 2.38 bits per heavy atom. The van der Waals surface area contributed by atoms with Crippen LogP contribution in [0.15, 0.2) is 0 Å². The van der Waals surface area contributed by atoms with Gasteiger partial charge in [0.25, 0.3) is 0 Å². The SMILES string of the molecule is COCc1c(C(=O)O)nnn1CCCSC. The minimum absolute atomic E-state index is 0.0222. The Kier molecular flexibility index (Phi) is 5.27. The monoisotopic (exact) mass is 245 g/mol. The molecule has 0 amide bonds. The third-order valence-corrected chi connectivity index (χ3v) is 2.74. The molecule has 7 heteroatoms. The first-order chi connectivity index (χ1) is 7.70. The highest BCUT2D eigenvalue weighted by molar-refractivity contribution is 7.98. The number of hydrogen-bond donors (Lipinski definition) is 1. The van der Waals surface area contributed by atoms with Crippen molar-refractivity contribution in [1.82, 2.24) is 15.0 Å². The molecule has 1 rings (SSSR count). The van der Waals surface area contributed by atoms with Crippen LogP contribution in [0.4, 0.5) is 0 Å². The highest BCUT2D eigenvalue weighted by atomic mass is 32.2. The van der Waals surface area contributed by atoms with Crippen molar-refractivity contribution in [3.8, 4) is 0 Å². The summed E-state index contributed by atoms with van der Waals surface area (Å²) < 4.78 is 6.56. The van der Waals surface area contributed by atoms with E-state index in [0.717, 1.165) is 12.2 Å². The number of aromatic nitrogens is 3. The standard InChI is InChI=1S/C9H15N3O3S/c1-15-6-7-8(9(13)14)10-11-12(7)4-3-5-16-2/h3-6H2,1-2H3,(H,13,14). The van der Waals surface area contributed by atoms with E-state index >= 15 is 0 Å². The molecule has 16 heavy (non-hydrogen) atoms. The molecule has 0 unspecified atom stereocenters. The first kappa shape index (κ1) is 13.0. The van der Waals surface area contributed by atoms with Gasteiger partial charge in [0.15, 0.2) is 5.69 Å². The summed E-state index contributed by atoms with van der Waals surface area (Å²) in [7, 11) is 1.52. The van der Waals surface area contributed by atoms with Gasteiger partial charge < -0.3 is 9.84 Å². The number of carbonyl (C=O) groups is 1. The van der Waals surface area contributed by atoms with Crippen molar-refractivity contribution in [2.24, 2.45) is 0 Å². The number of rotatable bonds is 7. The Morgan fingerprint density at radius 1 is 1.62 bits per heavy atom. The molecule has 1 heterocycles. The average Bonchev–Trinajstić information content (AvgIpc) is 2.63. The lowest BCUT2D eigenvalue weighted by Gasteiger charge is -2.05. The lowest BCUT2D eigenvalue weighted by atomic mass is 10.3. The van der Waals surface area contributed by atoms with E-state index in [1.54, 1.807) is 16.4 Å². The van der Waals surface area contributed by atoms with Gasteiger partial charge in [-0.2, -0.15) is 11.8 Å². The maximum Gasteiger partial charge on any atom is 0.358 e. The number of aryl methyl sites for hydroxylation is 1. The summed E-state index contributed by atoms with van der Waals surface area (Å²) >= 11 is 1.74. The smallest absolute Gasteiger partial charge is 0.358 e. The number of aromatic carboxylic acids is 1. The van der Waals surface area contributed by atoms with E-state index in [9.17, 15) is 4.79 Å². The summed E-state index contributed by atoms with van der Waals surface area (Å²) in [5.74, 6) is -0.0579. The van der Waals surface area contributed by atoms with Gasteiger partial charge in [-0.15, -0.1) is 5.10 Å². The molecule has 0 aliphatic carbocycles. The second kappa shape index (κ2) is 6.49. The quantitative estimate of drug-likeness (QED) is 0.718. The van der Waals surface area contributed by atoms with Crippen LogP contribution in [0.1, 0.15) is 22.6 Å². The topological polar surface area (TPSA) is 77.2 Å². The van der Waals surface area contributed by atoms with E-state index in [4.69, 9.17) is 9.84 Å². The molecule has 0 aliphatic rings. The van der Waals surface area contributed by atoms with E-state index in [1.807, 2.05) is 6.26 Å². The molecule has 0 radical (unpaired) electrons. The predicted octanol–water partition coefficient (Wildman–Crippen LogP) is 0.876. The molecule has 0 saturated carbocycles. The van der Waals surface area contributed by atoms with Crippen LogP contribution in [-0.2, 0) is 17.9 Å². The number of hydrogen-bond acceptors (Lipinski definition) is 5. The van der Waals surface area contributed by atoms with Crippen LogP contribution >= 0.6 is 11.8 Å². The summed E-state index contributed by atoms with van der Waals surface area (Å²) in [5, 5.41) is 16.4. The van der Waals surface area contributed by atoms with E-state index in [1.165, 1.54) is 7.11 Å². The molecule has 6 nitrogen and oxygen atoms in total. The third kappa shape index (κ3) is 3.21. The van der Waals surface area contributed by atoms with Gasteiger partial charge in [-0.25, -0.2) is 9.48 Å². The summed E-state index contributed by atoms with van der Waals surface area (Å²) in [6.45, 7) is 0.883.